The van der Waals surface area contributed by atoms with E-state index in [1.807, 2.05) is 13.8 Å². The van der Waals surface area contributed by atoms with Gasteiger partial charge in [0.15, 0.2) is 12.6 Å². The van der Waals surface area contributed by atoms with Crippen LogP contribution < -0.4 is 0 Å². The average Bonchev–Trinajstić information content (AvgIpc) is 3.21. The number of ether oxygens (including phenoxy) is 4. The first-order chi connectivity index (χ1) is 28.7. The highest BCUT2D eigenvalue weighted by molar-refractivity contribution is 5.50. The van der Waals surface area contributed by atoms with Gasteiger partial charge in [-0.25, -0.2) is 0 Å². The summed E-state index contributed by atoms with van der Waals surface area (Å²) in [6, 6.07) is 6.44. The Balaban J connectivity index is 1.50. The third kappa shape index (κ3) is 11.8. The van der Waals surface area contributed by atoms with E-state index in [0.717, 1.165) is 51.4 Å². The van der Waals surface area contributed by atoms with Crippen molar-refractivity contribution in [3.63, 3.8) is 0 Å². The number of benzene rings is 2. The van der Waals surface area contributed by atoms with Gasteiger partial charge < -0.3 is 70.0 Å². The van der Waals surface area contributed by atoms with E-state index in [4.69, 9.17) is 18.9 Å². The second-order valence-corrected chi connectivity index (χ2v) is 17.8. The van der Waals surface area contributed by atoms with Gasteiger partial charge in [-0.05, 0) is 97.6 Å². The molecule has 0 unspecified atom stereocenters. The van der Waals surface area contributed by atoms with Crippen LogP contribution >= 0.6 is 0 Å². The van der Waals surface area contributed by atoms with Crippen molar-refractivity contribution in [2.75, 3.05) is 13.2 Å². The summed E-state index contributed by atoms with van der Waals surface area (Å²) < 4.78 is 24.0. The lowest BCUT2D eigenvalue weighted by atomic mass is 9.83. The zero-order valence-corrected chi connectivity index (χ0v) is 35.8. The van der Waals surface area contributed by atoms with Crippen molar-refractivity contribution in [3.05, 3.63) is 46.5 Å². The molecule has 14 heteroatoms. The van der Waals surface area contributed by atoms with Gasteiger partial charge in [0.2, 0.25) is 0 Å². The van der Waals surface area contributed by atoms with Crippen LogP contribution in [0.15, 0.2) is 24.3 Å². The maximum absolute atomic E-state index is 11.6. The van der Waals surface area contributed by atoms with Gasteiger partial charge in [0.25, 0.3) is 0 Å². The van der Waals surface area contributed by atoms with E-state index in [0.29, 0.717) is 60.8 Å². The number of phenols is 4. The van der Waals surface area contributed by atoms with Crippen molar-refractivity contribution < 1.29 is 70.0 Å². The summed E-state index contributed by atoms with van der Waals surface area (Å²) in [7, 11) is 0. The second kappa shape index (κ2) is 22.5. The predicted molar refractivity (Wildman–Crippen MR) is 223 cm³/mol. The fourth-order valence-electron chi connectivity index (χ4n) is 9.41. The monoisotopic (exact) mass is 848 g/mol. The lowest BCUT2D eigenvalue weighted by Crippen LogP contribution is -2.54. The molecule has 4 bridgehead atoms. The molecule has 340 valence electrons. The average molecular weight is 849 g/mol. The lowest BCUT2D eigenvalue weighted by molar-refractivity contribution is -0.288. The number of hydrogen-bond donors (Lipinski definition) is 10. The number of unbranched alkanes of at least 4 members (excludes halogenated alkanes) is 2. The van der Waals surface area contributed by atoms with Crippen molar-refractivity contribution in [2.45, 2.75) is 191 Å². The Morgan fingerprint density at radius 3 is 1.18 bits per heavy atom. The Bertz CT molecular complexity index is 1460. The molecule has 10 N–H and O–H groups in total. The Morgan fingerprint density at radius 1 is 0.517 bits per heavy atom. The van der Waals surface area contributed by atoms with Crippen LogP contribution in [0, 0.1) is 11.8 Å². The zero-order chi connectivity index (χ0) is 43.7. The molecule has 6 aliphatic rings. The highest BCUT2D eigenvalue weighted by Crippen LogP contribution is 2.47. The summed E-state index contributed by atoms with van der Waals surface area (Å²) in [6.45, 7) is 7.64. The molecule has 2 aliphatic heterocycles. The molecule has 2 saturated heterocycles. The third-order valence-corrected chi connectivity index (χ3v) is 13.0. The van der Waals surface area contributed by atoms with E-state index >= 15 is 0 Å². The maximum atomic E-state index is 11.6. The highest BCUT2D eigenvalue weighted by atomic mass is 16.7. The zero-order valence-electron chi connectivity index (χ0n) is 35.8. The first kappa shape index (κ1) is 48.3. The topological polar surface area (TPSA) is 239 Å². The SMILES string of the molecule is CCCC[C@H]1CCCC[C@H](C)[C@@H](O[C@@H]2OC[C@@H](O)[C@@H](O)[C@H]2O)c2cc(O)c(c(O)c2)[C@@H](CCCC)CCCC[C@H](C)[C@@H](O[C@@H]2OC[C@@H](O)[C@@H](O)[C@H]2O)c2cc(O)c1c(O)c2. The molecule has 2 heterocycles. The minimum atomic E-state index is -1.53. The van der Waals surface area contributed by atoms with Gasteiger partial charge in [0, 0.05) is 11.1 Å². The smallest absolute Gasteiger partial charge is 0.186 e. The minimum absolute atomic E-state index is 0.0591. The first-order valence-electron chi connectivity index (χ1n) is 22.4. The van der Waals surface area contributed by atoms with E-state index < -0.39 is 61.4 Å². The minimum Gasteiger partial charge on any atom is -0.508 e. The largest absolute Gasteiger partial charge is 0.508 e. The summed E-state index contributed by atoms with van der Waals surface area (Å²) in [5.74, 6) is -1.03. The molecule has 2 aromatic rings. The molecular formula is C46H72O14. The molecule has 4 aliphatic carbocycles. The van der Waals surface area contributed by atoms with Crippen molar-refractivity contribution in [1.29, 1.82) is 0 Å². The Kier molecular flexibility index (Phi) is 18.1. The normalized spacial score (nSPS) is 35.2. The van der Waals surface area contributed by atoms with E-state index in [9.17, 15) is 51.1 Å². The van der Waals surface area contributed by atoms with Gasteiger partial charge in [-0.3, -0.25) is 0 Å². The standard InChI is InChI=1S/C46H72O14/c1-5-7-15-27-17-11-9-13-25(3)44(60-46-42(56)40(54)36(52)24-58-46)30-21-33(49)38(34(50)22-30)28(16-8-6-2)18-12-10-14-26(4)43(29-19-31(47)37(27)32(48)20-29)59-45-41(55)39(53)35(51)23-57-45/h19-22,25-28,35-36,39-56H,5-18,23-24H2,1-4H3/t25-,26-,27-,28-,35+,36+,39+,40+,41+,42+,43+,44+,45-,46-/m0/s1. The molecule has 0 saturated carbocycles. The summed E-state index contributed by atoms with van der Waals surface area (Å²) in [6.07, 6.45) is -2.17. The third-order valence-electron chi connectivity index (χ3n) is 13.0. The first-order valence-corrected chi connectivity index (χ1v) is 22.4. The number of hydrogen-bond acceptors (Lipinski definition) is 14. The van der Waals surface area contributed by atoms with Crippen LogP contribution in [0.2, 0.25) is 0 Å². The summed E-state index contributed by atoms with van der Waals surface area (Å²) >= 11 is 0. The van der Waals surface area contributed by atoms with Gasteiger partial charge in [0.1, 0.15) is 59.6 Å². The number of aliphatic hydroxyl groups excluding tert-OH is 6. The number of phenolic OH excluding ortho intramolecular Hbond substituents is 4. The lowest BCUT2D eigenvalue weighted by Gasteiger charge is -2.38. The number of rotatable bonds is 10. The van der Waals surface area contributed by atoms with Crippen LogP contribution in [-0.2, 0) is 18.9 Å². The molecular weight excluding hydrogens is 776 g/mol. The molecule has 0 radical (unpaired) electrons. The summed E-state index contributed by atoms with van der Waals surface area (Å²) in [5, 5.41) is 109. The Labute approximate surface area is 354 Å². The van der Waals surface area contributed by atoms with Gasteiger partial charge in [-0.2, -0.15) is 0 Å². The molecule has 8 rings (SSSR count). The molecule has 0 spiro atoms. The maximum Gasteiger partial charge on any atom is 0.186 e. The summed E-state index contributed by atoms with van der Waals surface area (Å²) in [5.41, 5.74) is 1.88. The van der Waals surface area contributed by atoms with E-state index in [1.54, 1.807) is 24.3 Å². The van der Waals surface area contributed by atoms with Gasteiger partial charge in [0.05, 0.1) is 25.4 Å². The number of aromatic hydroxyl groups is 4. The molecule has 60 heavy (non-hydrogen) atoms. The molecule has 2 aromatic carbocycles. The molecule has 0 amide bonds. The van der Waals surface area contributed by atoms with Crippen LogP contribution in [-0.4, -0.2) is 113 Å². The Hall–Kier alpha value is -2.76. The van der Waals surface area contributed by atoms with E-state index in [1.165, 1.54) is 0 Å². The van der Waals surface area contributed by atoms with Crippen LogP contribution in [0.1, 0.15) is 164 Å². The van der Waals surface area contributed by atoms with Crippen molar-refractivity contribution in [3.8, 4) is 23.0 Å². The quantitative estimate of drug-likeness (QED) is 0.129. The van der Waals surface area contributed by atoms with Crippen LogP contribution in [0.4, 0.5) is 0 Å². The van der Waals surface area contributed by atoms with Gasteiger partial charge >= 0.3 is 0 Å². The fraction of sp³-hybridized carbons (Fsp3) is 0.739. The van der Waals surface area contributed by atoms with Crippen molar-refractivity contribution in [1.82, 2.24) is 0 Å². The van der Waals surface area contributed by atoms with Crippen molar-refractivity contribution >= 4 is 0 Å². The van der Waals surface area contributed by atoms with E-state index in [2.05, 4.69) is 13.8 Å². The van der Waals surface area contributed by atoms with Gasteiger partial charge in [-0.1, -0.05) is 79.1 Å². The molecule has 14 nitrogen and oxygen atoms in total. The van der Waals surface area contributed by atoms with Crippen LogP contribution in [0.5, 0.6) is 23.0 Å². The predicted octanol–water partition coefficient (Wildman–Crippen LogP) is 6.16. The van der Waals surface area contributed by atoms with Gasteiger partial charge in [-0.15, -0.1) is 0 Å². The summed E-state index contributed by atoms with van der Waals surface area (Å²) in [4.78, 5) is 0. The van der Waals surface area contributed by atoms with Crippen molar-refractivity contribution in [2.24, 2.45) is 11.8 Å². The molecule has 14 atom stereocenters. The van der Waals surface area contributed by atoms with Crippen LogP contribution in [0.3, 0.4) is 0 Å². The molecule has 2 fully saturated rings. The second-order valence-electron chi connectivity index (χ2n) is 17.8. The fourth-order valence-corrected chi connectivity index (χ4v) is 9.41. The highest BCUT2D eigenvalue weighted by Gasteiger charge is 2.42. The van der Waals surface area contributed by atoms with E-state index in [-0.39, 0.29) is 59.9 Å². The number of aliphatic hydroxyl groups is 6. The Morgan fingerprint density at radius 2 is 0.850 bits per heavy atom. The van der Waals surface area contributed by atoms with Crippen LogP contribution in [0.25, 0.3) is 0 Å². The molecule has 0 aromatic heterocycles.